The third kappa shape index (κ3) is 2.53. The molecule has 2 nitrogen and oxygen atoms in total. The summed E-state index contributed by atoms with van der Waals surface area (Å²) < 4.78 is 17.7. The van der Waals surface area contributed by atoms with Crippen molar-refractivity contribution >= 4 is 0 Å². The van der Waals surface area contributed by atoms with Crippen molar-refractivity contribution in [1.82, 2.24) is 4.98 Å². The van der Waals surface area contributed by atoms with Crippen LogP contribution in [0.25, 0.3) is 0 Å². The van der Waals surface area contributed by atoms with Gasteiger partial charge in [-0.3, -0.25) is 4.98 Å². The predicted molar refractivity (Wildman–Crippen MR) is 40.0 cm³/mol. The Hall–Kier alpha value is -1.12. The van der Waals surface area contributed by atoms with Crippen LogP contribution in [0.15, 0.2) is 18.5 Å². The second-order valence-electron chi connectivity index (χ2n) is 2.51. The first-order valence-electron chi connectivity index (χ1n) is 3.45. The predicted octanol–water partition coefficient (Wildman–Crippen LogP) is 2.01. The molecular formula is C8H10FNO. The summed E-state index contributed by atoms with van der Waals surface area (Å²) in [5.74, 6) is 0.100. The van der Waals surface area contributed by atoms with E-state index in [1.807, 2.05) is 13.8 Å². The van der Waals surface area contributed by atoms with Gasteiger partial charge < -0.3 is 4.74 Å². The molecule has 0 aliphatic rings. The summed E-state index contributed by atoms with van der Waals surface area (Å²) in [5, 5.41) is 0. The van der Waals surface area contributed by atoms with Crippen LogP contribution in [0.4, 0.5) is 4.39 Å². The lowest BCUT2D eigenvalue weighted by Gasteiger charge is -2.07. The molecule has 1 rings (SSSR count). The molecule has 0 spiro atoms. The van der Waals surface area contributed by atoms with Crippen LogP contribution in [-0.2, 0) is 0 Å². The summed E-state index contributed by atoms with van der Waals surface area (Å²) in [6.45, 7) is 3.76. The molecule has 1 aromatic rings. The average molecular weight is 155 g/mol. The van der Waals surface area contributed by atoms with Crippen molar-refractivity contribution in [3.05, 3.63) is 24.3 Å². The van der Waals surface area contributed by atoms with Crippen molar-refractivity contribution in [3.63, 3.8) is 0 Å². The van der Waals surface area contributed by atoms with E-state index in [4.69, 9.17) is 4.74 Å². The Labute approximate surface area is 65.0 Å². The monoisotopic (exact) mass is 155 g/mol. The molecule has 0 fully saturated rings. The van der Waals surface area contributed by atoms with Gasteiger partial charge in [0.25, 0.3) is 0 Å². The number of rotatable bonds is 2. The van der Waals surface area contributed by atoms with Crippen molar-refractivity contribution in [1.29, 1.82) is 0 Å². The highest BCUT2D eigenvalue weighted by molar-refractivity contribution is 5.16. The maximum atomic E-state index is 12.5. The van der Waals surface area contributed by atoms with Crippen LogP contribution in [0.5, 0.6) is 5.75 Å². The van der Waals surface area contributed by atoms with Crippen molar-refractivity contribution in [2.24, 2.45) is 0 Å². The molecule has 0 saturated heterocycles. The fourth-order valence-corrected chi connectivity index (χ4v) is 0.729. The van der Waals surface area contributed by atoms with Crippen molar-refractivity contribution in [3.8, 4) is 5.75 Å². The van der Waals surface area contributed by atoms with E-state index in [0.29, 0.717) is 5.75 Å². The molecule has 0 unspecified atom stereocenters. The topological polar surface area (TPSA) is 22.1 Å². The lowest BCUT2D eigenvalue weighted by molar-refractivity contribution is 0.240. The smallest absolute Gasteiger partial charge is 0.145 e. The molecule has 0 aliphatic carbocycles. The van der Waals surface area contributed by atoms with Crippen LogP contribution in [0, 0.1) is 5.82 Å². The van der Waals surface area contributed by atoms with Gasteiger partial charge in [0.15, 0.2) is 0 Å². The van der Waals surface area contributed by atoms with Gasteiger partial charge in [-0.15, -0.1) is 0 Å². The van der Waals surface area contributed by atoms with Crippen molar-refractivity contribution in [2.75, 3.05) is 0 Å². The Bertz CT molecular complexity index is 237. The van der Waals surface area contributed by atoms with Gasteiger partial charge in [0.05, 0.1) is 18.5 Å². The first-order valence-corrected chi connectivity index (χ1v) is 3.45. The lowest BCUT2D eigenvalue weighted by atomic mass is 10.4. The fourth-order valence-electron chi connectivity index (χ4n) is 0.729. The number of halogens is 1. The van der Waals surface area contributed by atoms with Crippen molar-refractivity contribution in [2.45, 2.75) is 20.0 Å². The molecule has 0 amide bonds. The molecule has 60 valence electrons. The Morgan fingerprint density at radius 1 is 1.45 bits per heavy atom. The summed E-state index contributed by atoms with van der Waals surface area (Å²) in [6.07, 6.45) is 2.69. The molecule has 0 saturated carbocycles. The van der Waals surface area contributed by atoms with E-state index >= 15 is 0 Å². The molecule has 0 aliphatic heterocycles. The number of nitrogens with zero attached hydrogens (tertiary/aromatic N) is 1. The highest BCUT2D eigenvalue weighted by Gasteiger charge is 1.98. The summed E-state index contributed by atoms with van der Waals surface area (Å²) in [7, 11) is 0. The number of hydrogen-bond donors (Lipinski definition) is 0. The van der Waals surface area contributed by atoms with Crippen LogP contribution in [0.1, 0.15) is 13.8 Å². The number of ether oxygens (including phenoxy) is 1. The molecule has 0 N–H and O–H groups in total. The minimum Gasteiger partial charge on any atom is -0.489 e. The first-order chi connectivity index (χ1) is 5.18. The standard InChI is InChI=1S/C8H10FNO/c1-6(2)11-8-3-7(9)4-10-5-8/h3-6H,1-2H3. The Balaban J connectivity index is 2.71. The van der Waals surface area contributed by atoms with Gasteiger partial charge in [0.1, 0.15) is 11.6 Å². The van der Waals surface area contributed by atoms with Gasteiger partial charge in [-0.05, 0) is 13.8 Å². The van der Waals surface area contributed by atoms with Crippen LogP contribution in [-0.4, -0.2) is 11.1 Å². The second-order valence-corrected chi connectivity index (χ2v) is 2.51. The average Bonchev–Trinajstić information content (AvgIpc) is 1.85. The lowest BCUT2D eigenvalue weighted by Crippen LogP contribution is -2.05. The zero-order valence-corrected chi connectivity index (χ0v) is 6.54. The van der Waals surface area contributed by atoms with Crippen molar-refractivity contribution < 1.29 is 9.13 Å². The zero-order chi connectivity index (χ0) is 8.27. The largest absolute Gasteiger partial charge is 0.489 e. The molecule has 0 radical (unpaired) electrons. The highest BCUT2D eigenvalue weighted by Crippen LogP contribution is 2.11. The van der Waals surface area contributed by atoms with E-state index in [2.05, 4.69) is 4.98 Å². The summed E-state index contributed by atoms with van der Waals surface area (Å²) in [5.41, 5.74) is 0. The molecule has 0 bridgehead atoms. The van der Waals surface area contributed by atoms with E-state index in [9.17, 15) is 4.39 Å². The molecule has 1 heterocycles. The van der Waals surface area contributed by atoms with Crippen LogP contribution in [0.3, 0.4) is 0 Å². The van der Waals surface area contributed by atoms with E-state index < -0.39 is 0 Å². The van der Waals surface area contributed by atoms with E-state index in [0.717, 1.165) is 6.20 Å². The Kier molecular flexibility index (Phi) is 2.41. The maximum Gasteiger partial charge on any atom is 0.145 e. The fraction of sp³-hybridized carbons (Fsp3) is 0.375. The van der Waals surface area contributed by atoms with Gasteiger partial charge in [-0.2, -0.15) is 0 Å². The summed E-state index contributed by atoms with van der Waals surface area (Å²) in [6, 6.07) is 1.31. The molecule has 3 heteroatoms. The third-order valence-corrected chi connectivity index (χ3v) is 1.05. The molecular weight excluding hydrogens is 145 g/mol. The number of pyridine rings is 1. The second kappa shape index (κ2) is 3.32. The maximum absolute atomic E-state index is 12.5. The summed E-state index contributed by atoms with van der Waals surface area (Å²) in [4.78, 5) is 3.64. The highest BCUT2D eigenvalue weighted by atomic mass is 19.1. The van der Waals surface area contributed by atoms with Crippen LogP contribution >= 0.6 is 0 Å². The Morgan fingerprint density at radius 2 is 2.18 bits per heavy atom. The van der Waals surface area contributed by atoms with Gasteiger partial charge in [-0.25, -0.2) is 4.39 Å². The minimum atomic E-state index is -0.372. The number of hydrogen-bond acceptors (Lipinski definition) is 2. The molecule has 1 aromatic heterocycles. The molecule has 11 heavy (non-hydrogen) atoms. The SMILES string of the molecule is CC(C)Oc1cncc(F)c1. The normalized spacial score (nSPS) is 10.2. The van der Waals surface area contributed by atoms with Gasteiger partial charge >= 0.3 is 0 Å². The quantitative estimate of drug-likeness (QED) is 0.651. The van der Waals surface area contributed by atoms with Crippen LogP contribution < -0.4 is 4.74 Å². The van der Waals surface area contributed by atoms with E-state index in [-0.39, 0.29) is 11.9 Å². The van der Waals surface area contributed by atoms with Crippen LogP contribution in [0.2, 0.25) is 0 Å². The minimum absolute atomic E-state index is 0.0543. The first kappa shape index (κ1) is 7.98. The van der Waals surface area contributed by atoms with Gasteiger partial charge in [0, 0.05) is 6.07 Å². The molecule has 0 aromatic carbocycles. The van der Waals surface area contributed by atoms with E-state index in [1.165, 1.54) is 12.3 Å². The van der Waals surface area contributed by atoms with Gasteiger partial charge in [-0.1, -0.05) is 0 Å². The Morgan fingerprint density at radius 3 is 2.73 bits per heavy atom. The van der Waals surface area contributed by atoms with E-state index in [1.54, 1.807) is 0 Å². The number of aromatic nitrogens is 1. The summed E-state index contributed by atoms with van der Waals surface area (Å²) >= 11 is 0. The van der Waals surface area contributed by atoms with Gasteiger partial charge in [0.2, 0.25) is 0 Å². The third-order valence-electron chi connectivity index (χ3n) is 1.05. The molecule has 0 atom stereocenters. The zero-order valence-electron chi connectivity index (χ0n) is 6.54.